The molecule has 4 fully saturated rings. The third-order valence-corrected chi connectivity index (χ3v) is 23.5. The number of carbonyl (C=O) groups is 3. The van der Waals surface area contributed by atoms with E-state index in [0.717, 1.165) is 113 Å². The van der Waals surface area contributed by atoms with Crippen molar-refractivity contribution in [2.75, 3.05) is 141 Å². The predicted molar refractivity (Wildman–Crippen MR) is 500 cm³/mol. The molecule has 0 bridgehead atoms. The van der Waals surface area contributed by atoms with Crippen molar-refractivity contribution in [3.63, 3.8) is 0 Å². The quantitative estimate of drug-likeness (QED) is 0.0248. The molecule has 7 N–H and O–H groups in total. The topological polar surface area (TPSA) is 334 Å². The number of benzene rings is 6. The number of carbonyl (C=O) groups excluding carboxylic acids is 3. The molecule has 10 heterocycles. The average molecular weight is 1760 g/mol. The van der Waals surface area contributed by atoms with E-state index in [0.29, 0.717) is 156 Å². The zero-order valence-corrected chi connectivity index (χ0v) is 75.0. The van der Waals surface area contributed by atoms with Crippen LogP contribution in [0.15, 0.2) is 148 Å². The lowest BCUT2D eigenvalue weighted by atomic mass is 10.0. The van der Waals surface area contributed by atoms with Crippen LogP contribution in [0.25, 0.3) is 66.9 Å². The van der Waals surface area contributed by atoms with Gasteiger partial charge in [-0.25, -0.2) is 58.0 Å². The van der Waals surface area contributed by atoms with Crippen LogP contribution in [-0.2, 0) is 23.9 Å². The molecule has 0 radical (unpaired) electrons. The van der Waals surface area contributed by atoms with E-state index in [1.54, 1.807) is 77.4 Å². The molecule has 0 spiro atoms. The van der Waals surface area contributed by atoms with Gasteiger partial charge in [0.2, 0.25) is 35.6 Å². The first kappa shape index (κ1) is 91.6. The number of nitrogens with one attached hydrogen (secondary N) is 6. The number of anilines is 12. The highest BCUT2D eigenvalue weighted by Crippen LogP contribution is 2.45. The smallest absolute Gasteiger partial charge is 0.247 e. The molecule has 676 valence electrons. The molecule has 12 aromatic rings. The van der Waals surface area contributed by atoms with Crippen LogP contribution in [0, 0.1) is 38.2 Å². The fourth-order valence-electron chi connectivity index (χ4n) is 17.3. The van der Waals surface area contributed by atoms with Gasteiger partial charge in [-0.1, -0.05) is 19.7 Å². The molecular formula is C95H111F3N22O9. The van der Waals surface area contributed by atoms with Crippen molar-refractivity contribution in [2.24, 2.45) is 0 Å². The lowest BCUT2D eigenvalue weighted by molar-refractivity contribution is -0.112. The number of aryl methyl sites for hydroxylation is 3. The van der Waals surface area contributed by atoms with Crippen molar-refractivity contribution < 1.29 is 56.3 Å². The first-order valence-electron chi connectivity index (χ1n) is 43.2. The first-order chi connectivity index (χ1) is 62.1. The van der Waals surface area contributed by atoms with E-state index < -0.39 is 17.5 Å². The SMILES string of the molecule is C=CC(=O)Nc1cc(Nc2nccc(-c3cc(F)c4nc(C)n(C(C)C)c4c3)n2)c(OC)cc1N1CCC(N2CCOCC2)CC1.C=CC(=O)Nc1cc(Nc2nccc(-c3cc(F)c4nc(C)n(C(C)C)c4c3)n2)c(OC)cc1N1CCC(O)CC1.C=CC(=O)Nc1cc(Nc2nccc(-c3cc(F)c4nc(C)n(C(C)C)c4c3)n2)c(OC)cc1N1CCC(OC)CC1. The van der Waals surface area contributed by atoms with E-state index >= 15 is 13.2 Å². The van der Waals surface area contributed by atoms with E-state index in [4.69, 9.17) is 28.7 Å². The van der Waals surface area contributed by atoms with Gasteiger partial charge in [-0.2, -0.15) is 0 Å². The Morgan fingerprint density at radius 2 is 0.744 bits per heavy atom. The number of hydrogen-bond donors (Lipinski definition) is 7. The summed E-state index contributed by atoms with van der Waals surface area (Å²) in [6.07, 6.45) is 13.4. The summed E-state index contributed by atoms with van der Waals surface area (Å²) in [6, 6.07) is 27.1. The molecule has 0 aliphatic carbocycles. The summed E-state index contributed by atoms with van der Waals surface area (Å²) < 4.78 is 79.8. The fraction of sp³-hybridized carbons (Fsp3) is 0.368. The summed E-state index contributed by atoms with van der Waals surface area (Å²) in [5.74, 6) is 2.50. The minimum atomic E-state index is -0.418. The average Bonchev–Trinajstić information content (AvgIpc) is 1.63. The van der Waals surface area contributed by atoms with E-state index in [2.05, 4.69) is 111 Å². The van der Waals surface area contributed by atoms with Crippen LogP contribution in [0.1, 0.15) is 116 Å². The van der Waals surface area contributed by atoms with Crippen LogP contribution < -0.4 is 60.8 Å². The monoisotopic (exact) mass is 1760 g/mol. The van der Waals surface area contributed by atoms with Crippen molar-refractivity contribution in [1.29, 1.82) is 0 Å². The number of halogens is 3. The largest absolute Gasteiger partial charge is 0.494 e. The molecule has 6 aromatic heterocycles. The van der Waals surface area contributed by atoms with Gasteiger partial charge < -0.3 is 89.1 Å². The molecule has 3 amide bonds. The van der Waals surface area contributed by atoms with Gasteiger partial charge >= 0.3 is 0 Å². The number of imidazole rings is 3. The third kappa shape index (κ3) is 20.7. The molecule has 4 aliphatic heterocycles. The molecule has 6 aromatic carbocycles. The van der Waals surface area contributed by atoms with Crippen LogP contribution in [0.5, 0.6) is 17.2 Å². The number of rotatable bonds is 26. The van der Waals surface area contributed by atoms with Crippen molar-refractivity contribution in [2.45, 2.75) is 137 Å². The number of fused-ring (bicyclic) bond motifs is 3. The van der Waals surface area contributed by atoms with Crippen LogP contribution in [0.4, 0.5) is 82.2 Å². The Morgan fingerprint density at radius 3 is 1.04 bits per heavy atom. The minimum absolute atomic E-state index is 0.110. The first-order valence-corrected chi connectivity index (χ1v) is 43.2. The Bertz CT molecular complexity index is 6140. The van der Waals surface area contributed by atoms with Gasteiger partial charge in [0.05, 0.1) is 132 Å². The zero-order chi connectivity index (χ0) is 91.6. The maximum Gasteiger partial charge on any atom is 0.247 e. The lowest BCUT2D eigenvalue weighted by Gasteiger charge is -2.41. The predicted octanol–water partition coefficient (Wildman–Crippen LogP) is 17.1. The minimum Gasteiger partial charge on any atom is -0.494 e. The highest BCUT2D eigenvalue weighted by molar-refractivity contribution is 6.04. The number of aliphatic hydroxyl groups is 1. The summed E-state index contributed by atoms with van der Waals surface area (Å²) in [7, 11) is 6.47. The maximum absolute atomic E-state index is 15.2. The molecule has 0 unspecified atom stereocenters. The number of aliphatic hydroxyl groups excluding tert-OH is 1. The van der Waals surface area contributed by atoms with Crippen molar-refractivity contribution in [3.05, 3.63) is 182 Å². The standard InChI is InChI=1S/C34H41FN8O3.C31H36FN7O3.C30H34FN7O3/c1-6-32(44)38-27-19-28(31(45-5)20-29(27)42-11-8-24(9-12-42)41-13-15-46-16-14-41)40-34-36-10-7-26(39-34)23-17-25(35)33-30(18-23)43(21(2)3)22(4)37-33;1-7-29(40)35-24-16-25(28(42-6)17-26(24)38-12-9-21(41-5)10-13-38)37-31-33-11-8-23(36-31)20-14-22(32)30-27(15-20)39(18(2)3)19(4)34-30;1-6-28(40)34-23-15-24(27(41-5)16-25(23)37-11-8-20(39)9-12-37)36-30-32-10-7-22(35-30)19-13-21(31)29-26(14-19)38(17(2)3)18(4)33-29/h6-7,10,17-21,24H,1,8-9,11-16H2,2-5H3,(H,38,44)(H,36,39,40);7-8,11,14-18,21H,1,9-10,12-13H2,2-6H3,(H,35,40)(H,33,36,37);6-7,10,13-17,20,39H,1,8-9,11-12H2,2-5H3,(H,34,40)(H,32,35,36). The number of hydrogen-bond acceptors (Lipinski definition) is 25. The van der Waals surface area contributed by atoms with Gasteiger partial charge in [0.1, 0.15) is 51.3 Å². The lowest BCUT2D eigenvalue weighted by Crippen LogP contribution is -2.49. The second kappa shape index (κ2) is 40.6. The fourth-order valence-corrected chi connectivity index (χ4v) is 17.3. The van der Waals surface area contributed by atoms with Gasteiger partial charge in [-0.05, 0) is 192 Å². The number of aromatic nitrogens is 12. The van der Waals surface area contributed by atoms with Crippen LogP contribution in [0.2, 0.25) is 0 Å². The van der Waals surface area contributed by atoms with Gasteiger partial charge in [0.25, 0.3) is 0 Å². The van der Waals surface area contributed by atoms with Gasteiger partial charge in [0.15, 0.2) is 17.5 Å². The molecule has 129 heavy (non-hydrogen) atoms. The molecule has 16 rings (SSSR count). The summed E-state index contributed by atoms with van der Waals surface area (Å²) >= 11 is 0. The Labute approximate surface area is 747 Å². The van der Waals surface area contributed by atoms with Gasteiger partial charge in [0, 0.05) is 137 Å². The highest BCUT2D eigenvalue weighted by atomic mass is 19.1. The van der Waals surface area contributed by atoms with Crippen LogP contribution in [-0.4, -0.2) is 199 Å². The molecular weight excluding hydrogens is 1650 g/mol. The van der Waals surface area contributed by atoms with Gasteiger partial charge in [-0.3, -0.25) is 19.3 Å². The summed E-state index contributed by atoms with van der Waals surface area (Å²) in [4.78, 5) is 86.8. The summed E-state index contributed by atoms with van der Waals surface area (Å²) in [6.45, 7) is 36.6. The molecule has 4 aliphatic rings. The molecule has 31 nitrogen and oxygen atoms in total. The number of ether oxygens (including phenoxy) is 5. The van der Waals surface area contributed by atoms with Crippen molar-refractivity contribution in [1.82, 2.24) is 63.5 Å². The second-order valence-corrected chi connectivity index (χ2v) is 32.8. The molecule has 4 saturated heterocycles. The number of nitrogens with zero attached hydrogens (tertiary/aromatic N) is 16. The van der Waals surface area contributed by atoms with E-state index in [1.807, 2.05) is 118 Å². The maximum atomic E-state index is 15.2. The Balaban J connectivity index is 0.000000157. The normalized spacial score (nSPS) is 14.7. The van der Waals surface area contributed by atoms with E-state index in [9.17, 15) is 19.5 Å². The Kier molecular flexibility index (Phi) is 28.8. The molecule has 0 saturated carbocycles. The van der Waals surface area contributed by atoms with Crippen LogP contribution >= 0.6 is 0 Å². The van der Waals surface area contributed by atoms with Crippen molar-refractivity contribution >= 4 is 120 Å². The van der Waals surface area contributed by atoms with Gasteiger partial charge in [-0.15, -0.1) is 0 Å². The number of piperidine rings is 3. The summed E-state index contributed by atoms with van der Waals surface area (Å²) in [5, 5.41) is 28.4. The number of methoxy groups -OCH3 is 4. The van der Waals surface area contributed by atoms with Crippen molar-refractivity contribution in [3.8, 4) is 51.0 Å². The Morgan fingerprint density at radius 1 is 0.434 bits per heavy atom. The molecule has 0 atom stereocenters. The third-order valence-electron chi connectivity index (χ3n) is 23.5. The van der Waals surface area contributed by atoms with Crippen LogP contribution in [0.3, 0.4) is 0 Å². The summed E-state index contributed by atoms with van der Waals surface area (Å²) in [5.41, 5.74) is 12.4. The number of morpholine rings is 1. The Hall–Kier alpha value is -13.6. The molecule has 34 heteroatoms. The highest BCUT2D eigenvalue weighted by Gasteiger charge is 2.31. The van der Waals surface area contributed by atoms with E-state index in [1.165, 1.54) is 36.4 Å². The van der Waals surface area contributed by atoms with E-state index in [-0.39, 0.29) is 60.0 Å². The zero-order valence-electron chi connectivity index (χ0n) is 75.0. The number of amides is 3. The second-order valence-electron chi connectivity index (χ2n) is 32.8.